The predicted octanol–water partition coefficient (Wildman–Crippen LogP) is 1.19. The van der Waals surface area contributed by atoms with Crippen molar-refractivity contribution in [2.24, 2.45) is 5.92 Å². The lowest BCUT2D eigenvalue weighted by Gasteiger charge is -2.24. The van der Waals surface area contributed by atoms with E-state index in [0.717, 1.165) is 0 Å². The number of amides is 3. The van der Waals surface area contributed by atoms with E-state index in [1.807, 2.05) is 27.7 Å². The van der Waals surface area contributed by atoms with Crippen molar-refractivity contribution in [3.05, 3.63) is 11.9 Å². The highest BCUT2D eigenvalue weighted by Crippen LogP contribution is 2.22. The summed E-state index contributed by atoms with van der Waals surface area (Å²) >= 11 is 0. The van der Waals surface area contributed by atoms with E-state index in [4.69, 9.17) is 0 Å². The average molecular weight is 354 g/mol. The second kappa shape index (κ2) is 8.26. The summed E-state index contributed by atoms with van der Waals surface area (Å²) in [6.07, 6.45) is 0.720. The van der Waals surface area contributed by atoms with E-state index in [2.05, 4.69) is 20.9 Å². The summed E-state index contributed by atoms with van der Waals surface area (Å²) in [5.41, 5.74) is 0.208. The third-order valence-electron chi connectivity index (χ3n) is 3.87. The van der Waals surface area contributed by atoms with Crippen LogP contribution in [0.15, 0.2) is 6.20 Å². The van der Waals surface area contributed by atoms with Crippen LogP contribution in [0.25, 0.3) is 0 Å². The second-order valence-electron chi connectivity index (χ2n) is 7.17. The van der Waals surface area contributed by atoms with Crippen LogP contribution in [0.1, 0.15) is 44.6 Å². The molecule has 1 aliphatic rings. The fourth-order valence-electron chi connectivity index (χ4n) is 2.72. The summed E-state index contributed by atoms with van der Waals surface area (Å²) in [7, 11) is 0. The van der Waals surface area contributed by atoms with E-state index < -0.39 is 6.17 Å². The Labute approximate surface area is 147 Å². The predicted molar refractivity (Wildman–Crippen MR) is 90.9 cm³/mol. The van der Waals surface area contributed by atoms with Crippen LogP contribution in [0, 0.1) is 5.92 Å². The molecule has 1 aromatic heterocycles. The molecular formula is C16H27FN6O2. The van der Waals surface area contributed by atoms with Crippen LogP contribution in [0.3, 0.4) is 0 Å². The first-order chi connectivity index (χ1) is 11.8. The number of carbonyl (C=O) groups is 2. The Morgan fingerprint density at radius 2 is 2.08 bits per heavy atom. The van der Waals surface area contributed by atoms with Crippen LogP contribution in [0.4, 0.5) is 9.18 Å². The lowest BCUT2D eigenvalue weighted by molar-refractivity contribution is 0.0938. The van der Waals surface area contributed by atoms with Gasteiger partial charge in [0.15, 0.2) is 5.69 Å². The number of aromatic nitrogens is 3. The summed E-state index contributed by atoms with van der Waals surface area (Å²) in [5.74, 6) is 0.0195. The summed E-state index contributed by atoms with van der Waals surface area (Å²) in [5, 5.41) is 13.3. The zero-order valence-corrected chi connectivity index (χ0v) is 15.2. The van der Waals surface area contributed by atoms with Crippen LogP contribution in [-0.4, -0.2) is 63.2 Å². The van der Waals surface area contributed by atoms with E-state index in [0.29, 0.717) is 19.0 Å². The Morgan fingerprint density at radius 3 is 2.72 bits per heavy atom. The fourth-order valence-corrected chi connectivity index (χ4v) is 2.72. The summed E-state index contributed by atoms with van der Waals surface area (Å²) in [4.78, 5) is 25.7. The Hall–Kier alpha value is -2.19. The number of urea groups is 1. The maximum atomic E-state index is 13.8. The van der Waals surface area contributed by atoms with Gasteiger partial charge in [-0.2, -0.15) is 0 Å². The van der Waals surface area contributed by atoms with Crippen molar-refractivity contribution in [2.75, 3.05) is 13.1 Å². The molecule has 1 fully saturated rings. The van der Waals surface area contributed by atoms with E-state index in [9.17, 15) is 14.0 Å². The number of carbonyl (C=O) groups excluding carboxylic acids is 2. The van der Waals surface area contributed by atoms with Gasteiger partial charge in [-0.25, -0.2) is 13.9 Å². The molecule has 9 heteroatoms. The number of nitrogens with one attached hydrogen (secondary N) is 2. The number of alkyl halides is 1. The first-order valence-corrected chi connectivity index (χ1v) is 8.65. The zero-order chi connectivity index (χ0) is 18.6. The van der Waals surface area contributed by atoms with Gasteiger partial charge in [0.1, 0.15) is 6.17 Å². The number of hydrogen-bond acceptors (Lipinski definition) is 4. The molecule has 2 rings (SSSR count). The zero-order valence-electron chi connectivity index (χ0n) is 15.2. The highest BCUT2D eigenvalue weighted by molar-refractivity contribution is 5.91. The maximum Gasteiger partial charge on any atom is 0.317 e. The molecule has 0 spiro atoms. The van der Waals surface area contributed by atoms with Crippen molar-refractivity contribution in [1.82, 2.24) is 30.5 Å². The van der Waals surface area contributed by atoms with Gasteiger partial charge < -0.3 is 15.5 Å². The molecule has 2 atom stereocenters. The van der Waals surface area contributed by atoms with E-state index in [1.54, 1.807) is 0 Å². The molecule has 0 aliphatic carbocycles. The quantitative estimate of drug-likeness (QED) is 0.803. The van der Waals surface area contributed by atoms with Crippen LogP contribution >= 0.6 is 0 Å². The largest absolute Gasteiger partial charge is 0.348 e. The van der Waals surface area contributed by atoms with Gasteiger partial charge in [0, 0.05) is 19.0 Å². The minimum atomic E-state index is -1.05. The lowest BCUT2D eigenvalue weighted by Crippen LogP contribution is -2.45. The van der Waals surface area contributed by atoms with Crippen molar-refractivity contribution >= 4 is 11.9 Å². The van der Waals surface area contributed by atoms with Crippen molar-refractivity contribution < 1.29 is 14.0 Å². The minimum Gasteiger partial charge on any atom is -0.348 e. The van der Waals surface area contributed by atoms with Crippen LogP contribution in [0.2, 0.25) is 0 Å². The number of halogens is 1. The molecule has 0 saturated carbocycles. The average Bonchev–Trinajstić information content (AvgIpc) is 3.11. The van der Waals surface area contributed by atoms with E-state index >= 15 is 0 Å². The molecule has 8 nitrogen and oxygen atoms in total. The Kier molecular flexibility index (Phi) is 6.33. The molecule has 0 unspecified atom stereocenters. The van der Waals surface area contributed by atoms with Crippen LogP contribution in [-0.2, 0) is 6.54 Å². The van der Waals surface area contributed by atoms with Gasteiger partial charge in [0.05, 0.1) is 25.3 Å². The fraction of sp³-hybridized carbons (Fsp3) is 0.750. The first-order valence-electron chi connectivity index (χ1n) is 8.65. The molecule has 1 aromatic rings. The number of hydrogen-bond donors (Lipinski definition) is 2. The van der Waals surface area contributed by atoms with Crippen LogP contribution in [0.5, 0.6) is 0 Å². The van der Waals surface area contributed by atoms with Gasteiger partial charge in [-0.3, -0.25) is 4.79 Å². The highest BCUT2D eigenvalue weighted by atomic mass is 19.1. The smallest absolute Gasteiger partial charge is 0.317 e. The van der Waals surface area contributed by atoms with Gasteiger partial charge in [0.2, 0.25) is 0 Å². The summed E-state index contributed by atoms with van der Waals surface area (Å²) in [6, 6.07) is -0.582. The molecule has 2 N–H and O–H groups in total. The maximum absolute atomic E-state index is 13.8. The van der Waals surface area contributed by atoms with Crippen molar-refractivity contribution in [3.63, 3.8) is 0 Å². The van der Waals surface area contributed by atoms with Gasteiger partial charge in [0.25, 0.3) is 5.91 Å². The molecule has 0 bridgehead atoms. The third-order valence-corrected chi connectivity index (χ3v) is 3.87. The second-order valence-corrected chi connectivity index (χ2v) is 7.17. The molecule has 1 saturated heterocycles. The molecule has 0 radical (unpaired) electrons. The molecule has 0 aromatic carbocycles. The number of nitrogens with zero attached hydrogens (tertiary/aromatic N) is 4. The molecule has 25 heavy (non-hydrogen) atoms. The Bertz CT molecular complexity index is 603. The van der Waals surface area contributed by atoms with Crippen LogP contribution < -0.4 is 10.6 Å². The van der Waals surface area contributed by atoms with Gasteiger partial charge in [-0.15, -0.1) is 5.10 Å². The standard InChI is InChI=1S/C16H27FN6O2/c1-10(2)6-18-16(25)23-7-12(17)5-13(23)8-22-9-14(20-21-22)15(24)19-11(3)4/h9-13H,5-8H2,1-4H3,(H,18,25)(H,19,24)/t12-,13-/m0/s1. The molecule has 2 heterocycles. The monoisotopic (exact) mass is 354 g/mol. The molecular weight excluding hydrogens is 327 g/mol. The number of likely N-dealkylation sites (tertiary alicyclic amines) is 1. The number of rotatable bonds is 6. The first kappa shape index (κ1) is 19.1. The SMILES string of the molecule is CC(C)CNC(=O)N1C[C@@H](F)C[C@H]1Cn1cc(C(=O)NC(C)C)nn1. The van der Waals surface area contributed by atoms with Gasteiger partial charge in [-0.1, -0.05) is 19.1 Å². The van der Waals surface area contributed by atoms with E-state index in [-0.39, 0.29) is 42.7 Å². The molecule has 140 valence electrons. The van der Waals surface area contributed by atoms with Gasteiger partial charge >= 0.3 is 6.03 Å². The van der Waals surface area contributed by atoms with Gasteiger partial charge in [-0.05, 0) is 19.8 Å². The molecule has 1 aliphatic heterocycles. The normalized spacial score (nSPS) is 20.4. The Balaban J connectivity index is 1.99. The Morgan fingerprint density at radius 1 is 1.36 bits per heavy atom. The molecule has 3 amide bonds. The van der Waals surface area contributed by atoms with Crippen molar-refractivity contribution in [2.45, 2.75) is 58.9 Å². The lowest BCUT2D eigenvalue weighted by atomic mass is 10.2. The van der Waals surface area contributed by atoms with E-state index in [1.165, 1.54) is 15.8 Å². The van der Waals surface area contributed by atoms with Crippen molar-refractivity contribution in [1.29, 1.82) is 0 Å². The summed E-state index contributed by atoms with van der Waals surface area (Å²) in [6.45, 7) is 8.63. The summed E-state index contributed by atoms with van der Waals surface area (Å²) < 4.78 is 15.3. The third kappa shape index (κ3) is 5.40. The highest BCUT2D eigenvalue weighted by Gasteiger charge is 2.35. The minimum absolute atomic E-state index is 0.0000717. The topological polar surface area (TPSA) is 92.2 Å². The van der Waals surface area contributed by atoms with Crippen molar-refractivity contribution in [3.8, 4) is 0 Å².